The first kappa shape index (κ1) is 26.4. The molecular formula is C28H20F3N5O4S. The molecule has 2 amide bonds. The SMILES string of the molecule is O=C(N[C@H]1N=C(c2ccccc2)c2cccc(F)c2NC1=O)c1c(-c2ccc(F)cc2F)nn2c1S(=O)(=O)CCC2. The van der Waals surface area contributed by atoms with Crippen LogP contribution in [0, 0.1) is 17.5 Å². The van der Waals surface area contributed by atoms with E-state index in [1.165, 1.54) is 6.07 Å². The number of aromatic nitrogens is 2. The monoisotopic (exact) mass is 579 g/mol. The molecule has 4 aromatic rings. The highest BCUT2D eigenvalue weighted by molar-refractivity contribution is 7.91. The van der Waals surface area contributed by atoms with Gasteiger partial charge in [-0.3, -0.25) is 14.3 Å². The van der Waals surface area contributed by atoms with Crippen LogP contribution in [-0.4, -0.2) is 47.6 Å². The maximum Gasteiger partial charge on any atom is 0.269 e. The summed E-state index contributed by atoms with van der Waals surface area (Å²) in [5.41, 5.74) is -0.310. The van der Waals surface area contributed by atoms with Crippen molar-refractivity contribution in [1.29, 1.82) is 0 Å². The number of carbonyl (C=O) groups excluding carboxylic acids is 2. The fourth-order valence-corrected chi connectivity index (χ4v) is 6.56. The molecule has 0 unspecified atom stereocenters. The maximum atomic E-state index is 14.8. The predicted molar refractivity (Wildman–Crippen MR) is 143 cm³/mol. The molecular weight excluding hydrogens is 559 g/mol. The number of fused-ring (bicyclic) bond motifs is 2. The highest BCUT2D eigenvalue weighted by atomic mass is 32.2. The number of carbonyl (C=O) groups is 2. The minimum absolute atomic E-state index is 0.131. The fraction of sp³-hybridized carbons (Fsp3) is 0.143. The number of aryl methyl sites for hydroxylation is 1. The third-order valence-corrected chi connectivity index (χ3v) is 8.57. The fourth-order valence-electron chi connectivity index (χ4n) is 4.91. The summed E-state index contributed by atoms with van der Waals surface area (Å²) < 4.78 is 70.5. The lowest BCUT2D eigenvalue weighted by Gasteiger charge is -2.17. The van der Waals surface area contributed by atoms with E-state index in [4.69, 9.17) is 0 Å². The van der Waals surface area contributed by atoms with Crippen molar-refractivity contribution in [2.45, 2.75) is 24.2 Å². The predicted octanol–water partition coefficient (Wildman–Crippen LogP) is 3.69. The highest BCUT2D eigenvalue weighted by Crippen LogP contribution is 2.34. The summed E-state index contributed by atoms with van der Waals surface area (Å²) in [4.78, 5) is 31.5. The molecule has 13 heteroatoms. The Morgan fingerprint density at radius 2 is 1.76 bits per heavy atom. The first-order valence-corrected chi connectivity index (χ1v) is 14.1. The Morgan fingerprint density at radius 3 is 2.51 bits per heavy atom. The van der Waals surface area contributed by atoms with E-state index in [1.54, 1.807) is 36.4 Å². The number of hydrogen-bond acceptors (Lipinski definition) is 6. The van der Waals surface area contributed by atoms with E-state index in [1.807, 2.05) is 0 Å². The van der Waals surface area contributed by atoms with Crippen LogP contribution in [0.1, 0.15) is 27.9 Å². The zero-order chi connectivity index (χ0) is 28.9. The lowest BCUT2D eigenvalue weighted by Crippen LogP contribution is -2.43. The summed E-state index contributed by atoms with van der Waals surface area (Å²) in [6.45, 7) is 0.131. The smallest absolute Gasteiger partial charge is 0.269 e. The number of nitrogens with one attached hydrogen (secondary N) is 2. The van der Waals surface area contributed by atoms with Crippen LogP contribution in [0.3, 0.4) is 0 Å². The number of nitrogens with zero attached hydrogens (tertiary/aromatic N) is 3. The molecule has 6 rings (SSSR count). The molecule has 0 bridgehead atoms. The van der Waals surface area contributed by atoms with Gasteiger partial charge in [-0.05, 0) is 24.6 Å². The van der Waals surface area contributed by atoms with Crippen molar-refractivity contribution in [3.8, 4) is 11.3 Å². The number of halogens is 3. The van der Waals surface area contributed by atoms with Gasteiger partial charge in [0.15, 0.2) is 14.9 Å². The number of hydrogen-bond donors (Lipinski definition) is 2. The number of rotatable bonds is 4. The lowest BCUT2D eigenvalue weighted by atomic mass is 10.0. The van der Waals surface area contributed by atoms with Gasteiger partial charge in [-0.15, -0.1) is 0 Å². The molecule has 0 radical (unpaired) electrons. The number of sulfone groups is 1. The van der Waals surface area contributed by atoms with Crippen LogP contribution in [-0.2, 0) is 21.2 Å². The van der Waals surface area contributed by atoms with Gasteiger partial charge in [-0.1, -0.05) is 42.5 Å². The summed E-state index contributed by atoms with van der Waals surface area (Å²) in [5.74, 6) is -4.92. The molecule has 2 aliphatic rings. The highest BCUT2D eigenvalue weighted by Gasteiger charge is 2.38. The third-order valence-electron chi connectivity index (χ3n) is 6.74. The Morgan fingerprint density at radius 1 is 0.976 bits per heavy atom. The second-order valence-corrected chi connectivity index (χ2v) is 11.4. The van der Waals surface area contributed by atoms with E-state index in [-0.39, 0.29) is 46.9 Å². The van der Waals surface area contributed by atoms with Gasteiger partial charge < -0.3 is 10.6 Å². The molecule has 208 valence electrons. The molecule has 0 fully saturated rings. The van der Waals surface area contributed by atoms with Crippen LogP contribution in [0.15, 0.2) is 76.7 Å². The van der Waals surface area contributed by atoms with Crippen molar-refractivity contribution in [3.63, 3.8) is 0 Å². The standard InChI is InChI=1S/C28H20F3N5O4S/c29-16-10-11-17(20(31)14-16)24-21(28-36(35-24)12-5-13-41(28,39)40)26(37)34-25-27(38)33-23-18(8-4-9-19(23)30)22(32-25)15-6-2-1-3-7-15/h1-4,6-11,14,25H,5,12-13H2,(H,33,38)(H,34,37)/t25-/m1/s1. The van der Waals surface area contributed by atoms with Crippen LogP contribution in [0.2, 0.25) is 0 Å². The van der Waals surface area contributed by atoms with Crippen molar-refractivity contribution in [1.82, 2.24) is 15.1 Å². The van der Waals surface area contributed by atoms with Crippen LogP contribution in [0.4, 0.5) is 18.9 Å². The minimum atomic E-state index is -4.03. The molecule has 0 saturated carbocycles. The number of para-hydroxylation sites is 1. The van der Waals surface area contributed by atoms with Crippen LogP contribution < -0.4 is 10.6 Å². The number of benzodiazepines with no additional fused rings is 1. The van der Waals surface area contributed by atoms with Crippen molar-refractivity contribution in [2.24, 2.45) is 4.99 Å². The molecule has 0 saturated heterocycles. The summed E-state index contributed by atoms with van der Waals surface area (Å²) >= 11 is 0. The molecule has 2 N–H and O–H groups in total. The maximum absolute atomic E-state index is 14.8. The average molecular weight is 580 g/mol. The first-order valence-electron chi connectivity index (χ1n) is 12.5. The van der Waals surface area contributed by atoms with Crippen LogP contribution in [0.25, 0.3) is 11.3 Å². The van der Waals surface area contributed by atoms with Crippen molar-refractivity contribution in [3.05, 3.63) is 101 Å². The van der Waals surface area contributed by atoms with E-state index >= 15 is 0 Å². The molecule has 1 atom stereocenters. The van der Waals surface area contributed by atoms with E-state index in [0.717, 1.165) is 22.9 Å². The molecule has 9 nitrogen and oxygen atoms in total. The molecule has 3 aromatic carbocycles. The van der Waals surface area contributed by atoms with Crippen molar-refractivity contribution >= 4 is 33.1 Å². The first-order chi connectivity index (χ1) is 19.6. The summed E-state index contributed by atoms with van der Waals surface area (Å²) in [6.07, 6.45) is -1.43. The van der Waals surface area contributed by atoms with Gasteiger partial charge >= 0.3 is 0 Å². The Labute approximate surface area is 231 Å². The van der Waals surface area contributed by atoms with E-state index in [2.05, 4.69) is 20.7 Å². The van der Waals surface area contributed by atoms with Crippen molar-refractivity contribution < 1.29 is 31.2 Å². The topological polar surface area (TPSA) is 123 Å². The second-order valence-electron chi connectivity index (χ2n) is 9.42. The van der Waals surface area contributed by atoms with Gasteiger partial charge in [-0.25, -0.2) is 26.6 Å². The zero-order valence-electron chi connectivity index (χ0n) is 21.1. The summed E-state index contributed by atoms with van der Waals surface area (Å²) in [5, 5.41) is 8.61. The Bertz CT molecular complexity index is 1870. The van der Waals surface area contributed by atoms with Gasteiger partial charge in [0.05, 0.1) is 17.2 Å². The van der Waals surface area contributed by atoms with Crippen LogP contribution in [0.5, 0.6) is 0 Å². The third kappa shape index (κ3) is 4.67. The summed E-state index contributed by atoms with van der Waals surface area (Å²) in [7, 11) is -4.03. The Hall–Kier alpha value is -4.78. The van der Waals surface area contributed by atoms with Gasteiger partial charge in [0.25, 0.3) is 11.8 Å². The van der Waals surface area contributed by atoms with E-state index < -0.39 is 55.9 Å². The van der Waals surface area contributed by atoms with Gasteiger partial charge in [-0.2, -0.15) is 5.10 Å². The largest absolute Gasteiger partial charge is 0.322 e. The average Bonchev–Trinajstić information content (AvgIpc) is 3.27. The van der Waals surface area contributed by atoms with Gasteiger partial charge in [0.1, 0.15) is 28.7 Å². The normalized spacial score (nSPS) is 17.5. The number of anilines is 1. The van der Waals surface area contributed by atoms with Gasteiger partial charge in [0, 0.05) is 29.3 Å². The molecule has 0 spiro atoms. The summed E-state index contributed by atoms with van der Waals surface area (Å²) in [6, 6.07) is 15.3. The second kappa shape index (κ2) is 10.0. The molecule has 3 heterocycles. The number of benzene rings is 3. The number of amides is 2. The molecule has 2 aliphatic heterocycles. The Balaban J connectivity index is 1.48. The quantitative estimate of drug-likeness (QED) is 0.382. The van der Waals surface area contributed by atoms with Crippen molar-refractivity contribution in [2.75, 3.05) is 11.1 Å². The minimum Gasteiger partial charge on any atom is -0.322 e. The molecule has 1 aromatic heterocycles. The van der Waals surface area contributed by atoms with Gasteiger partial charge in [0.2, 0.25) is 6.17 Å². The number of aliphatic imine (C=N–C) groups is 1. The molecule has 41 heavy (non-hydrogen) atoms. The molecule has 0 aliphatic carbocycles. The Kier molecular flexibility index (Phi) is 6.45. The van der Waals surface area contributed by atoms with E-state index in [0.29, 0.717) is 11.6 Å². The lowest BCUT2D eigenvalue weighted by molar-refractivity contribution is -0.117. The zero-order valence-corrected chi connectivity index (χ0v) is 21.9. The van der Waals surface area contributed by atoms with E-state index in [9.17, 15) is 31.2 Å². The van der Waals surface area contributed by atoms with Crippen LogP contribution >= 0.6 is 0 Å².